The number of hydrogen-bond donors (Lipinski definition) is 1. The van der Waals surface area contributed by atoms with Gasteiger partial charge in [-0.1, -0.05) is 0 Å². The number of carbonyl (C=O) groups is 3. The summed E-state index contributed by atoms with van der Waals surface area (Å²) in [5.41, 5.74) is -0.883. The Balaban J connectivity index is 2.46. The number of carboxylic acids is 1. The molecule has 0 bridgehead atoms. The van der Waals surface area contributed by atoms with Crippen LogP contribution in [0, 0.1) is 10.1 Å². The summed E-state index contributed by atoms with van der Waals surface area (Å²) in [6, 6.07) is 3.29. The predicted molar refractivity (Wildman–Crippen MR) is 80.5 cm³/mol. The highest BCUT2D eigenvalue weighted by Gasteiger charge is 2.39. The molecule has 1 aromatic carbocycles. The molecule has 1 N–H and O–H groups in total. The van der Waals surface area contributed by atoms with Crippen molar-refractivity contribution in [1.82, 2.24) is 0 Å². The first-order chi connectivity index (χ1) is 11.6. The molecule has 1 saturated heterocycles. The maximum atomic E-state index is 12.0. The molecule has 10 heteroatoms. The van der Waals surface area contributed by atoms with Gasteiger partial charge in [0.2, 0.25) is 0 Å². The Morgan fingerprint density at radius 3 is 2.44 bits per heavy atom. The highest BCUT2D eigenvalue weighted by molar-refractivity contribution is 6.19. The van der Waals surface area contributed by atoms with Gasteiger partial charge in [0.15, 0.2) is 6.61 Å². The van der Waals surface area contributed by atoms with Gasteiger partial charge in [-0.25, -0.2) is 14.4 Å². The van der Waals surface area contributed by atoms with E-state index in [2.05, 4.69) is 0 Å². The zero-order valence-corrected chi connectivity index (χ0v) is 13.2. The summed E-state index contributed by atoms with van der Waals surface area (Å²) < 4.78 is 14.9. The molecule has 10 nitrogen and oxygen atoms in total. The average molecular weight is 351 g/mol. The number of ether oxygens (including phenoxy) is 3. The molecule has 25 heavy (non-hydrogen) atoms. The molecule has 0 aliphatic carbocycles. The van der Waals surface area contributed by atoms with E-state index >= 15 is 0 Å². The van der Waals surface area contributed by atoms with Crippen molar-refractivity contribution in [1.29, 1.82) is 0 Å². The Morgan fingerprint density at radius 2 is 1.92 bits per heavy atom. The smallest absolute Gasteiger partial charge is 0.348 e. The lowest BCUT2D eigenvalue weighted by atomic mass is 10.1. The minimum Gasteiger partial charge on any atom is -0.481 e. The maximum absolute atomic E-state index is 12.0. The van der Waals surface area contributed by atoms with Gasteiger partial charge in [0, 0.05) is 31.5 Å². The molecule has 0 aromatic heterocycles. The lowest BCUT2D eigenvalue weighted by molar-refractivity contribution is -0.384. The molecule has 0 saturated carbocycles. The predicted octanol–water partition coefficient (Wildman–Crippen LogP) is 1.28. The molecular weight excluding hydrogens is 338 g/mol. The third-order valence-electron chi connectivity index (χ3n) is 2.97. The molecule has 1 heterocycles. The van der Waals surface area contributed by atoms with Crippen molar-refractivity contribution in [3.63, 3.8) is 0 Å². The van der Waals surface area contributed by atoms with Crippen LogP contribution in [0.4, 0.5) is 5.69 Å². The normalized spacial score (nSPS) is 15.8. The van der Waals surface area contributed by atoms with E-state index in [4.69, 9.17) is 19.3 Å². The Kier molecular flexibility index (Phi) is 4.72. The maximum Gasteiger partial charge on any atom is 0.348 e. The van der Waals surface area contributed by atoms with E-state index in [9.17, 15) is 24.5 Å². The number of esters is 2. The molecule has 0 spiro atoms. The number of hydrogen-bond acceptors (Lipinski definition) is 8. The molecule has 2 rings (SSSR count). The third kappa shape index (κ3) is 4.31. The van der Waals surface area contributed by atoms with Gasteiger partial charge in [0.1, 0.15) is 11.3 Å². The van der Waals surface area contributed by atoms with Crippen molar-refractivity contribution < 1.29 is 38.6 Å². The number of carbonyl (C=O) groups excluding carboxylic acids is 2. The quantitative estimate of drug-likeness (QED) is 0.273. The van der Waals surface area contributed by atoms with Crippen LogP contribution in [0.2, 0.25) is 0 Å². The summed E-state index contributed by atoms with van der Waals surface area (Å²) in [5.74, 6) is -4.72. The van der Waals surface area contributed by atoms with Gasteiger partial charge in [-0.2, -0.15) is 0 Å². The topological polar surface area (TPSA) is 142 Å². The molecule has 1 aromatic rings. The average Bonchev–Trinajstić information content (AvgIpc) is 2.48. The minimum absolute atomic E-state index is 0.0425. The van der Waals surface area contributed by atoms with Crippen molar-refractivity contribution in [2.75, 3.05) is 6.61 Å². The van der Waals surface area contributed by atoms with Crippen LogP contribution < -0.4 is 4.74 Å². The number of rotatable bonds is 5. The molecular formula is C15H13NO9. The molecule has 0 radical (unpaired) electrons. The van der Waals surface area contributed by atoms with Crippen LogP contribution in [0.1, 0.15) is 19.4 Å². The lowest BCUT2D eigenvalue weighted by Crippen LogP contribution is -2.41. The van der Waals surface area contributed by atoms with Crippen LogP contribution in [-0.4, -0.2) is 40.3 Å². The number of aliphatic carboxylic acids is 1. The summed E-state index contributed by atoms with van der Waals surface area (Å²) in [6.07, 6.45) is 0.990. The van der Waals surface area contributed by atoms with E-state index in [1.54, 1.807) is 0 Å². The minimum atomic E-state index is -1.43. The summed E-state index contributed by atoms with van der Waals surface area (Å²) in [5, 5.41) is 19.6. The van der Waals surface area contributed by atoms with E-state index in [1.165, 1.54) is 13.8 Å². The van der Waals surface area contributed by atoms with Crippen molar-refractivity contribution in [3.05, 3.63) is 39.4 Å². The van der Waals surface area contributed by atoms with Crippen molar-refractivity contribution in [3.8, 4) is 5.75 Å². The van der Waals surface area contributed by atoms with Gasteiger partial charge in [-0.15, -0.1) is 0 Å². The highest BCUT2D eigenvalue weighted by Crippen LogP contribution is 2.29. The number of cyclic esters (lactones) is 2. The second kappa shape index (κ2) is 6.59. The zero-order valence-electron chi connectivity index (χ0n) is 13.2. The molecule has 1 fully saturated rings. The van der Waals surface area contributed by atoms with Crippen molar-refractivity contribution >= 4 is 29.7 Å². The number of nitro groups is 1. The summed E-state index contributed by atoms with van der Waals surface area (Å²) in [7, 11) is 0. The number of non-ortho nitro benzene ring substituents is 1. The fourth-order valence-corrected chi connectivity index (χ4v) is 1.97. The molecule has 132 valence electrons. The summed E-state index contributed by atoms with van der Waals surface area (Å²) in [4.78, 5) is 44.8. The second-order valence-corrected chi connectivity index (χ2v) is 5.40. The van der Waals surface area contributed by atoms with Crippen LogP contribution in [-0.2, 0) is 23.9 Å². The van der Waals surface area contributed by atoms with Gasteiger partial charge in [-0.05, 0) is 12.1 Å². The summed E-state index contributed by atoms with van der Waals surface area (Å²) >= 11 is 0. The van der Waals surface area contributed by atoms with Crippen LogP contribution in [0.3, 0.4) is 0 Å². The SMILES string of the molecule is CC1(C)OC(=O)C(=Cc2cc([N+](=O)[O-])ccc2OCC(=O)O)C(=O)O1. The zero-order chi connectivity index (χ0) is 18.8. The fraction of sp³-hybridized carbons (Fsp3) is 0.267. The summed E-state index contributed by atoms with van der Waals surface area (Å²) in [6.45, 7) is 2.03. The highest BCUT2D eigenvalue weighted by atomic mass is 16.7. The number of nitrogens with zero attached hydrogens (tertiary/aromatic N) is 1. The first kappa shape index (κ1) is 17.9. The third-order valence-corrected chi connectivity index (χ3v) is 2.97. The van der Waals surface area contributed by atoms with E-state index in [0.29, 0.717) is 0 Å². The van der Waals surface area contributed by atoms with Crippen molar-refractivity contribution in [2.45, 2.75) is 19.6 Å². The Morgan fingerprint density at radius 1 is 1.32 bits per heavy atom. The molecule has 0 amide bonds. The first-order valence-corrected chi connectivity index (χ1v) is 6.90. The van der Waals surface area contributed by atoms with Gasteiger partial charge in [0.25, 0.3) is 11.5 Å². The molecule has 1 aliphatic heterocycles. The van der Waals surface area contributed by atoms with Crippen LogP contribution in [0.25, 0.3) is 6.08 Å². The van der Waals surface area contributed by atoms with Gasteiger partial charge in [-0.3, -0.25) is 10.1 Å². The first-order valence-electron chi connectivity index (χ1n) is 6.90. The standard InChI is InChI=1S/C15H13NO9/c1-15(2)24-13(19)10(14(20)25-15)6-8-5-9(16(21)22)3-4-11(8)23-7-12(17)18/h3-6H,7H2,1-2H3,(H,17,18). The number of carboxylic acid groups (broad SMARTS) is 1. The van der Waals surface area contributed by atoms with Crippen LogP contribution >= 0.6 is 0 Å². The van der Waals surface area contributed by atoms with E-state index in [-0.39, 0.29) is 17.0 Å². The lowest BCUT2D eigenvalue weighted by Gasteiger charge is -2.29. The monoisotopic (exact) mass is 351 g/mol. The Labute approximate surface area is 140 Å². The molecule has 1 aliphatic rings. The van der Waals surface area contributed by atoms with Crippen LogP contribution in [0.5, 0.6) is 5.75 Å². The van der Waals surface area contributed by atoms with E-state index < -0.39 is 40.8 Å². The van der Waals surface area contributed by atoms with Gasteiger partial charge >= 0.3 is 17.9 Å². The van der Waals surface area contributed by atoms with Gasteiger partial charge < -0.3 is 19.3 Å². The number of benzene rings is 1. The molecule has 0 atom stereocenters. The Bertz CT molecular complexity index is 772. The van der Waals surface area contributed by atoms with Gasteiger partial charge in [0.05, 0.1) is 4.92 Å². The molecule has 0 unspecified atom stereocenters. The number of nitro benzene ring substituents is 1. The van der Waals surface area contributed by atoms with E-state index in [1.807, 2.05) is 0 Å². The van der Waals surface area contributed by atoms with Crippen molar-refractivity contribution in [2.24, 2.45) is 0 Å². The second-order valence-electron chi connectivity index (χ2n) is 5.40. The Hall–Kier alpha value is -3.43. The van der Waals surface area contributed by atoms with E-state index in [0.717, 1.165) is 24.3 Å². The van der Waals surface area contributed by atoms with Crippen LogP contribution in [0.15, 0.2) is 23.8 Å². The largest absolute Gasteiger partial charge is 0.481 e. The fourth-order valence-electron chi connectivity index (χ4n) is 1.97.